The Morgan fingerprint density at radius 2 is 2.05 bits per heavy atom. The average Bonchev–Trinajstić information content (AvgIpc) is 2.32. The summed E-state index contributed by atoms with van der Waals surface area (Å²) in [6, 6.07) is 4.51. The summed E-state index contributed by atoms with van der Waals surface area (Å²) in [4.78, 5) is 13.8. The fourth-order valence-electron chi connectivity index (χ4n) is 1.71. The van der Waals surface area contributed by atoms with Gasteiger partial charge in [-0.1, -0.05) is 18.0 Å². The van der Waals surface area contributed by atoms with Gasteiger partial charge in [-0.25, -0.2) is 0 Å². The zero-order valence-corrected chi connectivity index (χ0v) is 12.2. The Morgan fingerprint density at radius 3 is 2.68 bits per heavy atom. The number of nitrogens with one attached hydrogen (secondary N) is 1. The molecule has 0 saturated carbocycles. The highest BCUT2D eigenvalue weighted by atomic mass is 35.5. The average molecular weight is 285 g/mol. The smallest absolute Gasteiger partial charge is 0.224 e. The van der Waals surface area contributed by atoms with E-state index in [9.17, 15) is 9.90 Å². The highest BCUT2D eigenvalue weighted by molar-refractivity contribution is 6.33. The van der Waals surface area contributed by atoms with Crippen LogP contribution in [0.1, 0.15) is 25.7 Å². The van der Waals surface area contributed by atoms with Gasteiger partial charge in [-0.05, 0) is 45.6 Å². The number of hydrogen-bond donors (Lipinski definition) is 2. The summed E-state index contributed by atoms with van der Waals surface area (Å²) in [6.45, 7) is 1.05. The van der Waals surface area contributed by atoms with Gasteiger partial charge >= 0.3 is 0 Å². The van der Waals surface area contributed by atoms with E-state index in [2.05, 4.69) is 10.2 Å². The number of phenols is 1. The second-order valence-corrected chi connectivity index (χ2v) is 5.23. The Hall–Kier alpha value is -1.26. The van der Waals surface area contributed by atoms with Crippen LogP contribution in [0.5, 0.6) is 5.75 Å². The molecule has 5 heteroatoms. The number of carbonyl (C=O) groups excluding carboxylic acids is 1. The number of amides is 1. The topological polar surface area (TPSA) is 52.6 Å². The van der Waals surface area contributed by atoms with Crippen molar-refractivity contribution in [2.45, 2.75) is 25.7 Å². The number of phenolic OH excluding ortho intramolecular Hbond substituents is 1. The molecule has 0 spiro atoms. The Labute approximate surface area is 119 Å². The lowest BCUT2D eigenvalue weighted by molar-refractivity contribution is -0.116. The lowest BCUT2D eigenvalue weighted by Gasteiger charge is -2.09. The van der Waals surface area contributed by atoms with Crippen molar-refractivity contribution in [2.24, 2.45) is 0 Å². The van der Waals surface area contributed by atoms with Crippen molar-refractivity contribution in [3.8, 4) is 5.75 Å². The van der Waals surface area contributed by atoms with Crippen molar-refractivity contribution in [1.29, 1.82) is 0 Å². The molecule has 2 N–H and O–H groups in total. The van der Waals surface area contributed by atoms with Crippen LogP contribution in [0.3, 0.4) is 0 Å². The van der Waals surface area contributed by atoms with E-state index in [0.29, 0.717) is 17.1 Å². The van der Waals surface area contributed by atoms with Crippen LogP contribution in [-0.2, 0) is 4.79 Å². The number of benzene rings is 1. The third-order valence-corrected chi connectivity index (χ3v) is 3.05. The maximum absolute atomic E-state index is 11.7. The molecule has 0 aliphatic carbocycles. The molecule has 0 unspecified atom stereocenters. The summed E-state index contributed by atoms with van der Waals surface area (Å²) >= 11 is 5.91. The van der Waals surface area contributed by atoms with Crippen molar-refractivity contribution in [3.63, 3.8) is 0 Å². The van der Waals surface area contributed by atoms with E-state index < -0.39 is 0 Å². The molecule has 0 heterocycles. The molecule has 0 aromatic heterocycles. The number of aromatic hydroxyl groups is 1. The third-order valence-electron chi connectivity index (χ3n) is 2.74. The SMILES string of the molecule is CN(C)CCCCCC(=O)Nc1ccc(O)cc1Cl. The van der Waals surface area contributed by atoms with Crippen molar-refractivity contribution in [3.05, 3.63) is 23.2 Å². The monoisotopic (exact) mass is 284 g/mol. The first kappa shape index (κ1) is 15.8. The quantitative estimate of drug-likeness (QED) is 0.597. The molecule has 1 aromatic rings. The molecule has 0 bridgehead atoms. The Bertz CT molecular complexity index is 422. The van der Waals surface area contributed by atoms with Crippen molar-refractivity contribution >= 4 is 23.2 Å². The molecule has 0 aliphatic rings. The number of halogens is 1. The van der Waals surface area contributed by atoms with Crippen LogP contribution < -0.4 is 5.32 Å². The molecule has 0 aliphatic heterocycles. The molecular formula is C14H21ClN2O2. The molecular weight excluding hydrogens is 264 g/mol. The van der Waals surface area contributed by atoms with Gasteiger partial charge < -0.3 is 15.3 Å². The first-order valence-electron chi connectivity index (χ1n) is 6.42. The summed E-state index contributed by atoms with van der Waals surface area (Å²) < 4.78 is 0. The molecule has 0 fully saturated rings. The van der Waals surface area contributed by atoms with Gasteiger partial charge in [0, 0.05) is 12.5 Å². The summed E-state index contributed by atoms with van der Waals surface area (Å²) in [5, 5.41) is 12.3. The number of carbonyl (C=O) groups is 1. The van der Waals surface area contributed by atoms with E-state index in [1.807, 2.05) is 14.1 Å². The highest BCUT2D eigenvalue weighted by Gasteiger charge is 2.06. The normalized spacial score (nSPS) is 10.7. The second kappa shape index (κ2) is 8.02. The summed E-state index contributed by atoms with van der Waals surface area (Å²) in [5.41, 5.74) is 0.540. The predicted molar refractivity (Wildman–Crippen MR) is 78.8 cm³/mol. The van der Waals surface area contributed by atoms with Crippen LogP contribution in [0.4, 0.5) is 5.69 Å². The van der Waals surface area contributed by atoms with E-state index >= 15 is 0 Å². The minimum absolute atomic E-state index is 0.0440. The summed E-state index contributed by atoms with van der Waals surface area (Å²) in [5.74, 6) is 0.0455. The number of nitrogens with zero attached hydrogens (tertiary/aromatic N) is 1. The van der Waals surface area contributed by atoms with Crippen molar-refractivity contribution in [1.82, 2.24) is 4.90 Å². The Balaban J connectivity index is 2.27. The molecule has 1 amide bonds. The molecule has 0 saturated heterocycles. The predicted octanol–water partition coefficient (Wildman–Crippen LogP) is 3.11. The van der Waals surface area contributed by atoms with Gasteiger partial charge in [0.05, 0.1) is 10.7 Å². The van der Waals surface area contributed by atoms with Gasteiger partial charge in [0.2, 0.25) is 5.91 Å². The number of hydrogen-bond acceptors (Lipinski definition) is 3. The van der Waals surface area contributed by atoms with E-state index in [0.717, 1.165) is 25.8 Å². The van der Waals surface area contributed by atoms with Gasteiger partial charge in [-0.15, -0.1) is 0 Å². The second-order valence-electron chi connectivity index (χ2n) is 4.83. The van der Waals surface area contributed by atoms with Crippen LogP contribution in [-0.4, -0.2) is 36.6 Å². The third kappa shape index (κ3) is 6.45. The minimum Gasteiger partial charge on any atom is -0.508 e. The first-order valence-corrected chi connectivity index (χ1v) is 6.80. The maximum Gasteiger partial charge on any atom is 0.224 e. The first-order chi connectivity index (χ1) is 8.99. The lowest BCUT2D eigenvalue weighted by Crippen LogP contribution is -2.14. The van der Waals surface area contributed by atoms with Crippen LogP contribution in [0.25, 0.3) is 0 Å². The lowest BCUT2D eigenvalue weighted by atomic mass is 10.2. The van der Waals surface area contributed by atoms with Crippen molar-refractivity contribution in [2.75, 3.05) is 26.0 Å². The highest BCUT2D eigenvalue weighted by Crippen LogP contribution is 2.26. The van der Waals surface area contributed by atoms with E-state index in [4.69, 9.17) is 11.6 Å². The fraction of sp³-hybridized carbons (Fsp3) is 0.500. The Morgan fingerprint density at radius 1 is 1.32 bits per heavy atom. The standard InChI is InChI=1S/C14H21ClN2O2/c1-17(2)9-5-3-4-6-14(19)16-13-8-7-11(18)10-12(13)15/h7-8,10,18H,3-6,9H2,1-2H3,(H,16,19). The molecule has 1 aromatic carbocycles. The van der Waals surface area contributed by atoms with E-state index in [1.165, 1.54) is 12.1 Å². The number of unbranched alkanes of at least 4 members (excludes halogenated alkanes) is 2. The minimum atomic E-state index is -0.0440. The van der Waals surface area contributed by atoms with Crippen LogP contribution in [0.2, 0.25) is 5.02 Å². The van der Waals surface area contributed by atoms with Gasteiger partial charge in [0.25, 0.3) is 0 Å². The molecule has 1 rings (SSSR count). The van der Waals surface area contributed by atoms with Gasteiger partial charge in [-0.2, -0.15) is 0 Å². The summed E-state index contributed by atoms with van der Waals surface area (Å²) in [6.07, 6.45) is 3.50. The number of rotatable bonds is 7. The summed E-state index contributed by atoms with van der Waals surface area (Å²) in [7, 11) is 4.08. The maximum atomic E-state index is 11.7. The van der Waals surface area contributed by atoms with E-state index in [1.54, 1.807) is 6.07 Å². The largest absolute Gasteiger partial charge is 0.508 e. The van der Waals surface area contributed by atoms with Crippen molar-refractivity contribution < 1.29 is 9.90 Å². The van der Waals surface area contributed by atoms with E-state index in [-0.39, 0.29) is 11.7 Å². The molecule has 0 radical (unpaired) electrons. The zero-order valence-electron chi connectivity index (χ0n) is 11.4. The molecule has 106 valence electrons. The number of anilines is 1. The van der Waals surface area contributed by atoms with Gasteiger partial charge in [-0.3, -0.25) is 4.79 Å². The van der Waals surface area contributed by atoms with Gasteiger partial charge in [0.1, 0.15) is 5.75 Å². The van der Waals surface area contributed by atoms with Crippen LogP contribution in [0.15, 0.2) is 18.2 Å². The van der Waals surface area contributed by atoms with Crippen LogP contribution in [0, 0.1) is 0 Å². The fourth-order valence-corrected chi connectivity index (χ4v) is 1.93. The Kier molecular flexibility index (Phi) is 6.67. The van der Waals surface area contributed by atoms with Crippen LogP contribution >= 0.6 is 11.6 Å². The zero-order chi connectivity index (χ0) is 14.3. The molecule has 0 atom stereocenters. The van der Waals surface area contributed by atoms with Gasteiger partial charge in [0.15, 0.2) is 0 Å². The molecule has 19 heavy (non-hydrogen) atoms. The molecule has 4 nitrogen and oxygen atoms in total.